The van der Waals surface area contributed by atoms with Gasteiger partial charge in [-0.2, -0.15) is 0 Å². The van der Waals surface area contributed by atoms with E-state index in [0.717, 1.165) is 41.8 Å². The molecule has 0 bridgehead atoms. The Hall–Kier alpha value is -1.79. The highest BCUT2D eigenvalue weighted by Gasteiger charge is 2.32. The van der Waals surface area contributed by atoms with Crippen molar-refractivity contribution < 1.29 is 4.79 Å². The molecule has 0 atom stereocenters. The van der Waals surface area contributed by atoms with Gasteiger partial charge in [0.25, 0.3) is 5.91 Å². The molecule has 1 aliphatic carbocycles. The molecule has 5 rings (SSSR count). The lowest BCUT2D eigenvalue weighted by atomic mass is 10.0. The van der Waals surface area contributed by atoms with Crippen LogP contribution in [0, 0.1) is 5.92 Å². The standard InChI is InChI=1S/C28H28Cl2N2OS2/c1-2-20-8-5-9-22-21(17-31(26(20)22)16-19-10-11-23(29)24(30)14-19)15-25-27(33)32(28(34)35-25)13-12-18-6-3-4-7-18/h5,8-11,14-15,17-18H,2-4,6-7,12-13,16H2,1H3/b25-15-. The fraction of sp³-hybridized carbons (Fsp3) is 0.357. The quantitative estimate of drug-likeness (QED) is 0.221. The van der Waals surface area contributed by atoms with Gasteiger partial charge in [0, 0.05) is 30.2 Å². The van der Waals surface area contributed by atoms with Gasteiger partial charge in [0.1, 0.15) is 4.32 Å². The lowest BCUT2D eigenvalue weighted by Gasteiger charge is -2.17. The largest absolute Gasteiger partial charge is 0.342 e. The molecule has 35 heavy (non-hydrogen) atoms. The molecule has 2 fully saturated rings. The number of hydrogen-bond acceptors (Lipinski definition) is 3. The molecule has 1 aliphatic heterocycles. The van der Waals surface area contributed by atoms with Crippen molar-refractivity contribution >= 4 is 74.4 Å². The predicted molar refractivity (Wildman–Crippen MR) is 153 cm³/mol. The molecule has 3 nitrogen and oxygen atoms in total. The zero-order valence-corrected chi connectivity index (χ0v) is 22.9. The summed E-state index contributed by atoms with van der Waals surface area (Å²) in [6.45, 7) is 3.56. The summed E-state index contributed by atoms with van der Waals surface area (Å²) < 4.78 is 2.92. The molecular weight excluding hydrogens is 515 g/mol. The summed E-state index contributed by atoms with van der Waals surface area (Å²) in [5.74, 6) is 0.769. The molecule has 2 aliphatic rings. The summed E-state index contributed by atoms with van der Waals surface area (Å²) >= 11 is 19.4. The molecule has 2 heterocycles. The number of nitrogens with zero attached hydrogens (tertiary/aromatic N) is 2. The zero-order valence-electron chi connectivity index (χ0n) is 19.7. The van der Waals surface area contributed by atoms with Crippen LogP contribution < -0.4 is 0 Å². The molecule has 1 saturated heterocycles. The van der Waals surface area contributed by atoms with E-state index in [1.54, 1.807) is 4.90 Å². The van der Waals surface area contributed by atoms with Crippen molar-refractivity contribution in [2.75, 3.05) is 6.54 Å². The van der Waals surface area contributed by atoms with Crippen molar-refractivity contribution in [3.8, 4) is 0 Å². The van der Waals surface area contributed by atoms with E-state index in [1.807, 2.05) is 24.3 Å². The summed E-state index contributed by atoms with van der Waals surface area (Å²) in [7, 11) is 0. The van der Waals surface area contributed by atoms with E-state index in [2.05, 4.69) is 35.9 Å². The van der Waals surface area contributed by atoms with E-state index in [-0.39, 0.29) is 5.91 Å². The second-order valence-electron chi connectivity index (χ2n) is 9.40. The second-order valence-corrected chi connectivity index (χ2v) is 11.9. The van der Waals surface area contributed by atoms with E-state index in [1.165, 1.54) is 48.5 Å². The van der Waals surface area contributed by atoms with Crippen LogP contribution >= 0.6 is 47.2 Å². The van der Waals surface area contributed by atoms with E-state index in [9.17, 15) is 4.79 Å². The number of fused-ring (bicyclic) bond motifs is 1. The number of amides is 1. The summed E-state index contributed by atoms with van der Waals surface area (Å²) in [6.07, 6.45) is 11.3. The Morgan fingerprint density at radius 2 is 1.94 bits per heavy atom. The summed E-state index contributed by atoms with van der Waals surface area (Å²) in [6, 6.07) is 12.1. The van der Waals surface area contributed by atoms with E-state index < -0.39 is 0 Å². The van der Waals surface area contributed by atoms with Gasteiger partial charge >= 0.3 is 0 Å². The van der Waals surface area contributed by atoms with E-state index in [4.69, 9.17) is 35.4 Å². The molecule has 1 saturated carbocycles. The third kappa shape index (κ3) is 5.20. The maximum Gasteiger partial charge on any atom is 0.266 e. The Labute approximate surface area is 226 Å². The Bertz CT molecular complexity index is 1320. The van der Waals surface area contributed by atoms with Gasteiger partial charge in [0.05, 0.1) is 20.5 Å². The van der Waals surface area contributed by atoms with Crippen LogP contribution in [0.5, 0.6) is 0 Å². The van der Waals surface area contributed by atoms with Gasteiger partial charge in [-0.15, -0.1) is 0 Å². The Morgan fingerprint density at radius 1 is 1.14 bits per heavy atom. The van der Waals surface area contributed by atoms with Crippen LogP contribution in [0.15, 0.2) is 47.5 Å². The highest BCUT2D eigenvalue weighted by Crippen LogP contribution is 2.37. The minimum atomic E-state index is 0.0371. The number of hydrogen-bond donors (Lipinski definition) is 0. The number of thiocarbonyl (C=S) groups is 1. The number of aromatic nitrogens is 1. The van der Waals surface area contributed by atoms with Gasteiger partial charge in [0.2, 0.25) is 0 Å². The number of thioether (sulfide) groups is 1. The van der Waals surface area contributed by atoms with Gasteiger partial charge in [0.15, 0.2) is 0 Å². The molecule has 2 aromatic carbocycles. The minimum Gasteiger partial charge on any atom is -0.342 e. The van der Waals surface area contributed by atoms with Gasteiger partial charge in [-0.3, -0.25) is 9.69 Å². The molecule has 0 N–H and O–H groups in total. The number of carbonyl (C=O) groups excluding carboxylic acids is 1. The van der Waals surface area contributed by atoms with E-state index >= 15 is 0 Å². The number of carbonyl (C=O) groups is 1. The maximum atomic E-state index is 13.3. The van der Waals surface area contributed by atoms with Crippen molar-refractivity contribution in [1.82, 2.24) is 9.47 Å². The molecule has 1 aromatic heterocycles. The van der Waals surface area contributed by atoms with Crippen LogP contribution in [-0.4, -0.2) is 26.2 Å². The molecule has 1 amide bonds. The first-order valence-electron chi connectivity index (χ1n) is 12.2. The van der Waals surface area contributed by atoms with Gasteiger partial charge in [-0.05, 0) is 48.1 Å². The third-order valence-corrected chi connectivity index (χ3v) is 9.24. The van der Waals surface area contributed by atoms with Crippen LogP contribution in [0.2, 0.25) is 10.0 Å². The number of halogens is 2. The van der Waals surface area contributed by atoms with Crippen LogP contribution in [-0.2, 0) is 17.8 Å². The average Bonchev–Trinajstić information content (AvgIpc) is 3.55. The molecule has 0 radical (unpaired) electrons. The van der Waals surface area contributed by atoms with Gasteiger partial charge in [-0.25, -0.2) is 0 Å². The molecule has 182 valence electrons. The molecule has 3 aromatic rings. The topological polar surface area (TPSA) is 25.2 Å². The highest BCUT2D eigenvalue weighted by atomic mass is 35.5. The van der Waals surface area contributed by atoms with Crippen molar-refractivity contribution in [1.29, 1.82) is 0 Å². The highest BCUT2D eigenvalue weighted by molar-refractivity contribution is 8.26. The zero-order chi connectivity index (χ0) is 24.5. The SMILES string of the molecule is CCc1cccc2c(/C=C3\SC(=S)N(CCC4CCCC4)C3=O)cn(Cc3ccc(Cl)c(Cl)c3)c12. The number of rotatable bonds is 7. The van der Waals surface area contributed by atoms with Crippen molar-refractivity contribution in [3.63, 3.8) is 0 Å². The van der Waals surface area contributed by atoms with Gasteiger partial charge in [-0.1, -0.05) is 104 Å². The summed E-state index contributed by atoms with van der Waals surface area (Å²) in [4.78, 5) is 15.8. The number of benzene rings is 2. The Morgan fingerprint density at radius 3 is 2.69 bits per heavy atom. The molecular formula is C28H28Cl2N2OS2. The fourth-order valence-electron chi connectivity index (χ4n) is 5.27. The van der Waals surface area contributed by atoms with Crippen molar-refractivity contribution in [3.05, 3.63) is 74.2 Å². The van der Waals surface area contributed by atoms with Crippen LogP contribution in [0.3, 0.4) is 0 Å². The van der Waals surface area contributed by atoms with Gasteiger partial charge < -0.3 is 4.57 Å². The fourth-order valence-corrected chi connectivity index (χ4v) is 6.89. The number of para-hydroxylation sites is 1. The maximum absolute atomic E-state index is 13.3. The van der Waals surface area contributed by atoms with Crippen molar-refractivity contribution in [2.45, 2.75) is 52.0 Å². The first kappa shape index (κ1) is 24.9. The van der Waals surface area contributed by atoms with Crippen LogP contribution in [0.25, 0.3) is 17.0 Å². The molecule has 0 spiro atoms. The Balaban J connectivity index is 1.46. The monoisotopic (exact) mass is 542 g/mol. The summed E-state index contributed by atoms with van der Waals surface area (Å²) in [5.41, 5.74) is 4.56. The average molecular weight is 544 g/mol. The Kier molecular flexibility index (Phi) is 7.59. The first-order chi connectivity index (χ1) is 16.9. The predicted octanol–water partition coefficient (Wildman–Crippen LogP) is 8.34. The number of aryl methyl sites for hydroxylation is 1. The minimum absolute atomic E-state index is 0.0371. The third-order valence-electron chi connectivity index (χ3n) is 7.13. The normalized spacial score (nSPS) is 18.0. The lowest BCUT2D eigenvalue weighted by Crippen LogP contribution is -2.30. The van der Waals surface area contributed by atoms with Crippen molar-refractivity contribution in [2.24, 2.45) is 5.92 Å². The van der Waals surface area contributed by atoms with Crippen LogP contribution in [0.4, 0.5) is 0 Å². The van der Waals surface area contributed by atoms with E-state index in [0.29, 0.717) is 25.8 Å². The lowest BCUT2D eigenvalue weighted by molar-refractivity contribution is -0.122. The molecule has 0 unspecified atom stereocenters. The molecule has 7 heteroatoms. The first-order valence-corrected chi connectivity index (χ1v) is 14.2. The second kappa shape index (κ2) is 10.7. The summed E-state index contributed by atoms with van der Waals surface area (Å²) in [5, 5.41) is 2.25. The van der Waals surface area contributed by atoms with Crippen LogP contribution in [0.1, 0.15) is 55.7 Å². The smallest absolute Gasteiger partial charge is 0.266 e.